The number of benzene rings is 2. The van der Waals surface area contributed by atoms with Crippen molar-refractivity contribution in [3.8, 4) is 0 Å². The average Bonchev–Trinajstić information content (AvgIpc) is 3.02. The summed E-state index contributed by atoms with van der Waals surface area (Å²) in [5, 5.41) is 13.8. The van der Waals surface area contributed by atoms with E-state index in [2.05, 4.69) is 15.3 Å². The third-order valence-corrected chi connectivity index (χ3v) is 4.88. The Balaban J connectivity index is 1.69. The second-order valence-electron chi connectivity index (χ2n) is 5.37. The van der Waals surface area contributed by atoms with Crippen molar-refractivity contribution >= 4 is 40.1 Å². The summed E-state index contributed by atoms with van der Waals surface area (Å²) in [6.45, 7) is 1.93. The third-order valence-electron chi connectivity index (χ3n) is 3.63. The number of aromatic amines is 1. The fraction of sp³-hybridized carbons (Fsp3) is 0.176. The molecule has 0 bridgehead atoms. The number of thioether (sulfide) groups is 1. The number of H-pyrrole nitrogens is 1. The number of amides is 1. The van der Waals surface area contributed by atoms with Crippen molar-refractivity contribution in [2.24, 2.45) is 0 Å². The average molecular weight is 356 g/mol. The number of nitrogens with one attached hydrogen (secondary N) is 2. The molecule has 1 atom stereocenters. The van der Waals surface area contributed by atoms with Gasteiger partial charge in [0.05, 0.1) is 21.2 Å². The molecule has 2 N–H and O–H groups in total. The second-order valence-corrected chi connectivity index (χ2v) is 6.56. The first-order valence-electron chi connectivity index (χ1n) is 7.73. The molecular formula is C17H16N4O3S. The third kappa shape index (κ3) is 3.97. The molecule has 0 aliphatic heterocycles. The van der Waals surface area contributed by atoms with Crippen LogP contribution in [0.2, 0.25) is 0 Å². The van der Waals surface area contributed by atoms with Crippen LogP contribution in [0.4, 0.5) is 11.4 Å². The van der Waals surface area contributed by atoms with Crippen LogP contribution in [0.1, 0.15) is 13.3 Å². The molecule has 0 radical (unpaired) electrons. The summed E-state index contributed by atoms with van der Waals surface area (Å²) >= 11 is 1.36. The molecule has 0 saturated heterocycles. The number of aromatic nitrogens is 2. The smallest absolute Gasteiger partial charge is 0.269 e. The van der Waals surface area contributed by atoms with Crippen LogP contribution in [0.15, 0.2) is 53.7 Å². The van der Waals surface area contributed by atoms with Crippen LogP contribution in [0.3, 0.4) is 0 Å². The van der Waals surface area contributed by atoms with Gasteiger partial charge in [-0.1, -0.05) is 30.8 Å². The number of fused-ring (bicyclic) bond motifs is 1. The monoisotopic (exact) mass is 356 g/mol. The lowest BCUT2D eigenvalue weighted by Crippen LogP contribution is -2.24. The SMILES string of the molecule is CC[C@@H](Sc1nc2ccccc2[nH]1)C(=O)Nc1ccc([N+](=O)[O-])cc1. The fourth-order valence-corrected chi connectivity index (χ4v) is 3.25. The molecule has 0 spiro atoms. The van der Waals surface area contributed by atoms with Gasteiger partial charge in [-0.05, 0) is 30.7 Å². The van der Waals surface area contributed by atoms with Crippen LogP contribution in [0.25, 0.3) is 11.0 Å². The predicted octanol–water partition coefficient (Wildman–Crippen LogP) is 3.98. The lowest BCUT2D eigenvalue weighted by molar-refractivity contribution is -0.384. The zero-order valence-electron chi connectivity index (χ0n) is 13.4. The second kappa shape index (κ2) is 7.35. The summed E-state index contributed by atoms with van der Waals surface area (Å²) in [5.74, 6) is -0.165. The van der Waals surface area contributed by atoms with E-state index in [9.17, 15) is 14.9 Å². The number of non-ortho nitro benzene ring substituents is 1. The van der Waals surface area contributed by atoms with Crippen molar-refractivity contribution < 1.29 is 9.72 Å². The summed E-state index contributed by atoms with van der Waals surface area (Å²) in [6, 6.07) is 13.5. The quantitative estimate of drug-likeness (QED) is 0.395. The highest BCUT2D eigenvalue weighted by Gasteiger charge is 2.20. The van der Waals surface area contributed by atoms with E-state index in [1.807, 2.05) is 31.2 Å². The number of rotatable bonds is 6. The number of hydrogen-bond donors (Lipinski definition) is 2. The number of nitrogens with zero attached hydrogens (tertiary/aromatic N) is 2. The van der Waals surface area contributed by atoms with Gasteiger partial charge in [0.1, 0.15) is 0 Å². The molecule has 0 unspecified atom stereocenters. The molecular weight excluding hydrogens is 340 g/mol. The molecule has 0 fully saturated rings. The van der Waals surface area contributed by atoms with Crippen molar-refractivity contribution in [1.82, 2.24) is 9.97 Å². The van der Waals surface area contributed by atoms with Crippen molar-refractivity contribution in [3.63, 3.8) is 0 Å². The molecule has 25 heavy (non-hydrogen) atoms. The van der Waals surface area contributed by atoms with Crippen LogP contribution in [-0.2, 0) is 4.79 Å². The lowest BCUT2D eigenvalue weighted by Gasteiger charge is -2.13. The first kappa shape index (κ1) is 17.0. The molecule has 2 aromatic carbocycles. The van der Waals surface area contributed by atoms with E-state index in [0.717, 1.165) is 11.0 Å². The lowest BCUT2D eigenvalue weighted by atomic mass is 10.2. The zero-order chi connectivity index (χ0) is 17.8. The summed E-state index contributed by atoms with van der Waals surface area (Å²) in [5.41, 5.74) is 2.30. The Bertz CT molecular complexity index is 875. The maximum atomic E-state index is 12.5. The zero-order valence-corrected chi connectivity index (χ0v) is 14.2. The highest BCUT2D eigenvalue weighted by molar-refractivity contribution is 8.00. The minimum atomic E-state index is -0.474. The van der Waals surface area contributed by atoms with Crippen LogP contribution in [-0.4, -0.2) is 26.0 Å². The maximum absolute atomic E-state index is 12.5. The largest absolute Gasteiger partial charge is 0.333 e. The molecule has 0 aliphatic rings. The molecule has 8 heteroatoms. The van der Waals surface area contributed by atoms with Gasteiger partial charge in [-0.25, -0.2) is 4.98 Å². The van der Waals surface area contributed by atoms with Gasteiger partial charge in [0.15, 0.2) is 5.16 Å². The highest BCUT2D eigenvalue weighted by Crippen LogP contribution is 2.26. The molecule has 1 heterocycles. The number of nitro groups is 1. The van der Waals surface area contributed by atoms with Gasteiger partial charge < -0.3 is 10.3 Å². The van der Waals surface area contributed by atoms with Crippen molar-refractivity contribution in [2.75, 3.05) is 5.32 Å². The topological polar surface area (TPSA) is 101 Å². The number of imidazole rings is 1. The first-order chi connectivity index (χ1) is 12.1. The Morgan fingerprint density at radius 3 is 2.64 bits per heavy atom. The molecule has 7 nitrogen and oxygen atoms in total. The van der Waals surface area contributed by atoms with Gasteiger partial charge in [0.25, 0.3) is 5.69 Å². The van der Waals surface area contributed by atoms with Gasteiger partial charge in [0.2, 0.25) is 5.91 Å². The number of carbonyl (C=O) groups excluding carboxylic acids is 1. The molecule has 3 rings (SSSR count). The first-order valence-corrected chi connectivity index (χ1v) is 8.61. The fourth-order valence-electron chi connectivity index (χ4n) is 2.33. The van der Waals surface area contributed by atoms with E-state index in [0.29, 0.717) is 17.3 Å². The van der Waals surface area contributed by atoms with Gasteiger partial charge >= 0.3 is 0 Å². The van der Waals surface area contributed by atoms with Crippen molar-refractivity contribution in [2.45, 2.75) is 23.8 Å². The number of carbonyl (C=O) groups is 1. The van der Waals surface area contributed by atoms with Crippen molar-refractivity contribution in [1.29, 1.82) is 0 Å². The predicted molar refractivity (Wildman–Crippen MR) is 97.8 cm³/mol. The highest BCUT2D eigenvalue weighted by atomic mass is 32.2. The summed E-state index contributed by atoms with van der Waals surface area (Å²) in [6.07, 6.45) is 0.626. The van der Waals surface area contributed by atoms with Gasteiger partial charge in [-0.2, -0.15) is 0 Å². The minimum absolute atomic E-state index is 0.0123. The Morgan fingerprint density at radius 1 is 1.28 bits per heavy atom. The van der Waals surface area contributed by atoms with Crippen LogP contribution in [0, 0.1) is 10.1 Å². The number of hydrogen-bond acceptors (Lipinski definition) is 5. The Morgan fingerprint density at radius 2 is 2.00 bits per heavy atom. The molecule has 128 valence electrons. The van der Waals surface area contributed by atoms with Crippen LogP contribution >= 0.6 is 11.8 Å². The number of anilines is 1. The van der Waals surface area contributed by atoms with Gasteiger partial charge in [-0.3, -0.25) is 14.9 Å². The Hall–Kier alpha value is -2.87. The maximum Gasteiger partial charge on any atom is 0.269 e. The molecule has 1 aromatic heterocycles. The minimum Gasteiger partial charge on any atom is -0.333 e. The molecule has 1 amide bonds. The van der Waals surface area contributed by atoms with Crippen LogP contribution < -0.4 is 5.32 Å². The summed E-state index contributed by atoms with van der Waals surface area (Å²) in [4.78, 5) is 30.3. The number of nitro benzene ring substituents is 1. The summed E-state index contributed by atoms with van der Waals surface area (Å²) < 4.78 is 0. The Kier molecular flexibility index (Phi) is 4.99. The van der Waals surface area contributed by atoms with E-state index in [1.165, 1.54) is 36.0 Å². The molecule has 3 aromatic rings. The van der Waals surface area contributed by atoms with Crippen molar-refractivity contribution in [3.05, 3.63) is 58.6 Å². The van der Waals surface area contributed by atoms with E-state index < -0.39 is 4.92 Å². The standard InChI is InChI=1S/C17H16N4O3S/c1-2-15(25-17-19-13-5-3-4-6-14(13)20-17)16(22)18-11-7-9-12(10-8-11)21(23)24/h3-10,15H,2H2,1H3,(H,18,22)(H,19,20)/t15-/m1/s1. The number of para-hydroxylation sites is 2. The Labute approximate surface area is 148 Å². The van der Waals surface area contributed by atoms with Gasteiger partial charge in [-0.15, -0.1) is 0 Å². The van der Waals surface area contributed by atoms with Crippen LogP contribution in [0.5, 0.6) is 0 Å². The van der Waals surface area contributed by atoms with Gasteiger partial charge in [0, 0.05) is 17.8 Å². The van der Waals surface area contributed by atoms with E-state index in [-0.39, 0.29) is 16.8 Å². The molecule has 0 aliphatic carbocycles. The van der Waals surface area contributed by atoms with E-state index in [4.69, 9.17) is 0 Å². The van der Waals surface area contributed by atoms with E-state index in [1.54, 1.807) is 0 Å². The molecule has 0 saturated carbocycles. The summed E-state index contributed by atoms with van der Waals surface area (Å²) in [7, 11) is 0. The normalized spacial score (nSPS) is 12.0. The van der Waals surface area contributed by atoms with E-state index >= 15 is 0 Å².